The first-order chi connectivity index (χ1) is 14.8. The standard InChI is InChI=1S/C24H30N4O2S/c1-17(2)24(3,16-25)27-21(29)15-31-23-26-20-12-8-7-11-19(20)22(30)28(23)14-13-18-9-5-4-6-10-18/h7-9,11-12,17H,4-6,10,13-15H2,1-3H3,(H,27,29)/t24-/m0/s1. The molecule has 1 atom stereocenters. The summed E-state index contributed by atoms with van der Waals surface area (Å²) in [6, 6.07) is 9.50. The van der Waals surface area contributed by atoms with Crippen LogP contribution in [0.2, 0.25) is 0 Å². The number of nitrogens with zero attached hydrogens (tertiary/aromatic N) is 3. The Morgan fingerprint density at radius 2 is 2.13 bits per heavy atom. The Labute approximate surface area is 187 Å². The van der Waals surface area contributed by atoms with E-state index in [9.17, 15) is 14.9 Å². The fourth-order valence-electron chi connectivity index (χ4n) is 3.60. The second-order valence-corrected chi connectivity index (χ2v) is 9.47. The Balaban J connectivity index is 1.82. The number of nitriles is 1. The van der Waals surface area contributed by atoms with Crippen molar-refractivity contribution in [3.05, 3.63) is 46.3 Å². The molecule has 0 bridgehead atoms. The number of hydrogen-bond donors (Lipinski definition) is 1. The van der Waals surface area contributed by atoms with E-state index in [1.54, 1.807) is 17.6 Å². The van der Waals surface area contributed by atoms with E-state index in [1.165, 1.54) is 30.2 Å². The highest BCUT2D eigenvalue weighted by atomic mass is 32.2. The van der Waals surface area contributed by atoms with Gasteiger partial charge in [0.15, 0.2) is 5.16 Å². The zero-order chi connectivity index (χ0) is 22.4. The third-order valence-electron chi connectivity index (χ3n) is 5.99. The summed E-state index contributed by atoms with van der Waals surface area (Å²) in [5.74, 6) is -0.170. The zero-order valence-corrected chi connectivity index (χ0v) is 19.3. The summed E-state index contributed by atoms with van der Waals surface area (Å²) in [6.07, 6.45) is 7.73. The Bertz CT molecular complexity index is 1080. The van der Waals surface area contributed by atoms with Gasteiger partial charge in [-0.3, -0.25) is 14.2 Å². The molecule has 164 valence electrons. The molecular formula is C24H30N4O2S. The second kappa shape index (κ2) is 10.1. The number of amides is 1. The Morgan fingerprint density at radius 1 is 1.35 bits per heavy atom. The molecule has 0 unspecified atom stereocenters. The van der Waals surface area contributed by atoms with Gasteiger partial charge in [-0.15, -0.1) is 0 Å². The summed E-state index contributed by atoms with van der Waals surface area (Å²) in [6.45, 7) is 6.08. The number of rotatable bonds is 8. The van der Waals surface area contributed by atoms with Crippen LogP contribution in [0.4, 0.5) is 0 Å². The predicted molar refractivity (Wildman–Crippen MR) is 125 cm³/mol. The normalized spacial score (nSPS) is 15.9. The van der Waals surface area contributed by atoms with E-state index in [-0.39, 0.29) is 23.1 Å². The average molecular weight is 439 g/mol. The van der Waals surface area contributed by atoms with E-state index in [4.69, 9.17) is 0 Å². The third kappa shape index (κ3) is 5.56. The van der Waals surface area contributed by atoms with Crippen LogP contribution in [0.25, 0.3) is 10.9 Å². The van der Waals surface area contributed by atoms with Crippen molar-refractivity contribution in [3.63, 3.8) is 0 Å². The number of carbonyl (C=O) groups excluding carboxylic acids is 1. The molecule has 1 N–H and O–H groups in total. The minimum atomic E-state index is -0.929. The van der Waals surface area contributed by atoms with Gasteiger partial charge in [-0.1, -0.05) is 49.4 Å². The van der Waals surface area contributed by atoms with Crippen molar-refractivity contribution >= 4 is 28.6 Å². The lowest BCUT2D eigenvalue weighted by molar-refractivity contribution is -0.120. The van der Waals surface area contributed by atoms with E-state index in [2.05, 4.69) is 22.4 Å². The first-order valence-corrected chi connectivity index (χ1v) is 11.8. The molecule has 0 saturated heterocycles. The topological polar surface area (TPSA) is 87.8 Å². The lowest BCUT2D eigenvalue weighted by atomic mass is 9.90. The highest BCUT2D eigenvalue weighted by Gasteiger charge is 2.30. The van der Waals surface area contributed by atoms with Gasteiger partial charge >= 0.3 is 0 Å². The van der Waals surface area contributed by atoms with Gasteiger partial charge < -0.3 is 5.32 Å². The summed E-state index contributed by atoms with van der Waals surface area (Å²) in [7, 11) is 0. The molecule has 31 heavy (non-hydrogen) atoms. The second-order valence-electron chi connectivity index (χ2n) is 8.53. The van der Waals surface area contributed by atoms with Gasteiger partial charge in [-0.2, -0.15) is 5.26 Å². The molecule has 0 saturated carbocycles. The molecule has 1 aliphatic rings. The van der Waals surface area contributed by atoms with Gasteiger partial charge in [0.05, 0.1) is 22.7 Å². The molecule has 0 spiro atoms. The van der Waals surface area contributed by atoms with Crippen LogP contribution in [-0.4, -0.2) is 26.8 Å². The van der Waals surface area contributed by atoms with Crippen LogP contribution in [0.5, 0.6) is 0 Å². The van der Waals surface area contributed by atoms with Crippen LogP contribution in [-0.2, 0) is 11.3 Å². The van der Waals surface area contributed by atoms with Crippen LogP contribution in [0.3, 0.4) is 0 Å². The van der Waals surface area contributed by atoms with Crippen molar-refractivity contribution in [2.75, 3.05) is 5.75 Å². The van der Waals surface area contributed by atoms with E-state index in [1.807, 2.05) is 32.0 Å². The quantitative estimate of drug-likeness (QED) is 0.374. The zero-order valence-electron chi connectivity index (χ0n) is 18.5. The van der Waals surface area contributed by atoms with Crippen molar-refractivity contribution in [2.45, 2.75) is 70.1 Å². The molecule has 3 rings (SSSR count). The van der Waals surface area contributed by atoms with E-state index in [0.29, 0.717) is 22.6 Å². The first kappa shape index (κ1) is 23.1. The summed E-state index contributed by atoms with van der Waals surface area (Å²) < 4.78 is 1.70. The minimum Gasteiger partial charge on any atom is -0.337 e. The summed E-state index contributed by atoms with van der Waals surface area (Å²) in [5.41, 5.74) is 1.02. The van der Waals surface area contributed by atoms with Crippen molar-refractivity contribution < 1.29 is 4.79 Å². The summed E-state index contributed by atoms with van der Waals surface area (Å²) in [4.78, 5) is 30.4. The highest BCUT2D eigenvalue weighted by molar-refractivity contribution is 7.99. The number of thioether (sulfide) groups is 1. The number of nitrogens with one attached hydrogen (secondary N) is 1. The summed E-state index contributed by atoms with van der Waals surface area (Å²) >= 11 is 1.24. The van der Waals surface area contributed by atoms with Gasteiger partial charge in [0, 0.05) is 6.54 Å². The lowest BCUT2D eigenvalue weighted by Crippen LogP contribution is -2.49. The van der Waals surface area contributed by atoms with Crippen LogP contribution in [0.1, 0.15) is 52.9 Å². The fourth-order valence-corrected chi connectivity index (χ4v) is 4.42. The average Bonchev–Trinajstić information content (AvgIpc) is 2.77. The lowest BCUT2D eigenvalue weighted by Gasteiger charge is -2.27. The summed E-state index contributed by atoms with van der Waals surface area (Å²) in [5, 5.41) is 13.4. The number of benzene rings is 1. The molecule has 0 radical (unpaired) electrons. The van der Waals surface area contributed by atoms with Gasteiger partial charge in [-0.25, -0.2) is 4.98 Å². The molecule has 1 aromatic heterocycles. The third-order valence-corrected chi connectivity index (χ3v) is 6.96. The van der Waals surface area contributed by atoms with Gasteiger partial charge in [0.2, 0.25) is 5.91 Å². The highest BCUT2D eigenvalue weighted by Crippen LogP contribution is 2.23. The maximum atomic E-state index is 13.2. The van der Waals surface area contributed by atoms with Crippen LogP contribution >= 0.6 is 11.8 Å². The molecule has 1 heterocycles. The van der Waals surface area contributed by atoms with Crippen molar-refractivity contribution in [2.24, 2.45) is 5.92 Å². The maximum Gasteiger partial charge on any atom is 0.262 e. The Morgan fingerprint density at radius 3 is 2.81 bits per heavy atom. The number of para-hydroxylation sites is 1. The van der Waals surface area contributed by atoms with Gasteiger partial charge in [-0.05, 0) is 57.1 Å². The Kier molecular flexibility index (Phi) is 7.55. The largest absolute Gasteiger partial charge is 0.337 e. The monoisotopic (exact) mass is 438 g/mol. The number of hydrogen-bond acceptors (Lipinski definition) is 5. The fraction of sp³-hybridized carbons (Fsp3) is 0.500. The SMILES string of the molecule is CC(C)[C@](C)(C#N)NC(=O)CSc1nc2ccccc2c(=O)n1CCC1=CCCCC1. The molecular weight excluding hydrogens is 408 g/mol. The molecule has 6 nitrogen and oxygen atoms in total. The van der Waals surface area contributed by atoms with Gasteiger partial charge in [0.1, 0.15) is 5.54 Å². The Hall–Kier alpha value is -2.59. The molecule has 2 aromatic rings. The molecule has 0 aliphatic heterocycles. The smallest absolute Gasteiger partial charge is 0.262 e. The predicted octanol–water partition coefficient (Wildman–Crippen LogP) is 4.43. The number of aromatic nitrogens is 2. The van der Waals surface area contributed by atoms with E-state index in [0.717, 1.165) is 19.3 Å². The molecule has 1 amide bonds. The number of allylic oxidation sites excluding steroid dienone is 2. The van der Waals surface area contributed by atoms with Crippen molar-refractivity contribution in [3.8, 4) is 6.07 Å². The molecule has 7 heteroatoms. The van der Waals surface area contributed by atoms with E-state index < -0.39 is 5.54 Å². The van der Waals surface area contributed by atoms with Crippen LogP contribution < -0.4 is 10.9 Å². The molecule has 1 aromatic carbocycles. The van der Waals surface area contributed by atoms with Crippen molar-refractivity contribution in [1.82, 2.24) is 14.9 Å². The van der Waals surface area contributed by atoms with Gasteiger partial charge in [0.25, 0.3) is 5.56 Å². The molecule has 0 fully saturated rings. The molecule has 1 aliphatic carbocycles. The minimum absolute atomic E-state index is 0.0211. The number of fused-ring (bicyclic) bond motifs is 1. The van der Waals surface area contributed by atoms with Crippen LogP contribution in [0, 0.1) is 17.2 Å². The first-order valence-electron chi connectivity index (χ1n) is 10.9. The van der Waals surface area contributed by atoms with E-state index >= 15 is 0 Å². The number of carbonyl (C=O) groups is 1. The maximum absolute atomic E-state index is 13.2. The van der Waals surface area contributed by atoms with Crippen molar-refractivity contribution in [1.29, 1.82) is 5.26 Å². The van der Waals surface area contributed by atoms with Crippen LogP contribution in [0.15, 0.2) is 45.9 Å².